The molecule has 0 aromatic carbocycles. The molecule has 5 heteroatoms. The van der Waals surface area contributed by atoms with Gasteiger partial charge in [-0.2, -0.15) is 11.6 Å². The second-order valence-corrected chi connectivity index (χ2v) is 9.02. The van der Waals surface area contributed by atoms with Crippen LogP contribution in [-0.2, 0) is 42.3 Å². The number of halogens is 1. The fourth-order valence-corrected chi connectivity index (χ4v) is 6.44. The van der Waals surface area contributed by atoms with E-state index < -0.39 is 34.8 Å². The van der Waals surface area contributed by atoms with Gasteiger partial charge in [0.2, 0.25) is 0 Å². The summed E-state index contributed by atoms with van der Waals surface area (Å²) in [6, 6.07) is 0. The molecule has 1 N–H and O–H groups in total. The van der Waals surface area contributed by atoms with E-state index in [4.69, 9.17) is 0 Å². The summed E-state index contributed by atoms with van der Waals surface area (Å²) < 4.78 is 13.1. The number of carbonyl (C=O) groups is 2. The van der Waals surface area contributed by atoms with Crippen molar-refractivity contribution in [1.82, 2.24) is 0 Å². The molecular formula is C22H26FO3Y-. The monoisotopic (exact) mass is 446 g/mol. The van der Waals surface area contributed by atoms with Crippen LogP contribution in [-0.4, -0.2) is 29.5 Å². The summed E-state index contributed by atoms with van der Waals surface area (Å²) in [5, 5.41) is 11.3. The topological polar surface area (TPSA) is 54.4 Å². The number of alkyl halides is 1. The molecule has 3 nitrogen and oxygen atoms in total. The van der Waals surface area contributed by atoms with Crippen LogP contribution < -0.4 is 0 Å². The summed E-state index contributed by atoms with van der Waals surface area (Å²) in [5.74, 6) is -0.0933. The van der Waals surface area contributed by atoms with Gasteiger partial charge in [0.15, 0.2) is 12.5 Å². The standard InChI is InChI=1S/C22H26FO3.Y/c1-20-11-19(26)22(3)16(15(20)6-7-17(20)18(25)12-23)5-4-13-10-14(24)8-9-21(13,22)2;/h4,7-10,15-16,19,26H,5-6,11-12H2,1-3H3;/q-1;/t15-,16-,19-,20-,21-,22+;/m0./s1. The Morgan fingerprint density at radius 3 is 2.70 bits per heavy atom. The average Bonchev–Trinajstić information content (AvgIpc) is 2.93. The van der Waals surface area contributed by atoms with Crippen LogP contribution in [0.3, 0.4) is 0 Å². The number of carbonyl (C=O) groups excluding carboxylic acids is 2. The van der Waals surface area contributed by atoms with Crippen molar-refractivity contribution in [2.45, 2.75) is 46.1 Å². The van der Waals surface area contributed by atoms with Crippen LogP contribution in [0.25, 0.3) is 0 Å². The first kappa shape index (κ1) is 21.1. The van der Waals surface area contributed by atoms with E-state index in [9.17, 15) is 19.1 Å². The summed E-state index contributed by atoms with van der Waals surface area (Å²) in [6.45, 7) is 5.26. The van der Waals surface area contributed by atoms with Crippen LogP contribution >= 0.6 is 0 Å². The van der Waals surface area contributed by atoms with Crippen molar-refractivity contribution in [3.63, 3.8) is 0 Å². The molecule has 0 amide bonds. The Balaban J connectivity index is 0.00000210. The molecule has 0 spiro atoms. The van der Waals surface area contributed by atoms with E-state index >= 15 is 0 Å². The van der Waals surface area contributed by atoms with Crippen molar-refractivity contribution in [3.05, 3.63) is 41.9 Å². The van der Waals surface area contributed by atoms with Crippen LogP contribution in [0.4, 0.5) is 4.39 Å². The minimum atomic E-state index is -0.978. The average molecular weight is 446 g/mol. The van der Waals surface area contributed by atoms with Gasteiger partial charge >= 0.3 is 0 Å². The van der Waals surface area contributed by atoms with Crippen LogP contribution in [0.5, 0.6) is 0 Å². The van der Waals surface area contributed by atoms with Gasteiger partial charge in [0, 0.05) is 49.1 Å². The minimum Gasteiger partial charge on any atom is -0.392 e. The van der Waals surface area contributed by atoms with E-state index in [2.05, 4.69) is 20.3 Å². The van der Waals surface area contributed by atoms with Crippen molar-refractivity contribution < 1.29 is 51.8 Å². The summed E-state index contributed by atoms with van der Waals surface area (Å²) in [6.07, 6.45) is 10.6. The zero-order chi connectivity index (χ0) is 18.9. The van der Waals surface area contributed by atoms with Crippen LogP contribution in [0.2, 0.25) is 0 Å². The molecule has 0 aromatic rings. The molecular weight excluding hydrogens is 420 g/mol. The SMILES string of the molecule is C[C@]12[C@@H](O)C[C@]3(C)C(C(=O)CF)=CC[C@H]3[C@@H]1C[CH-]C1=CC(=O)C=C[C@@]12C.[Y]. The Bertz CT molecular complexity index is 784. The molecule has 0 saturated heterocycles. The first-order chi connectivity index (χ1) is 12.2. The number of aliphatic hydroxyl groups excluding tert-OH is 1. The number of aliphatic hydroxyl groups is 1. The molecule has 27 heavy (non-hydrogen) atoms. The summed E-state index contributed by atoms with van der Waals surface area (Å²) >= 11 is 0. The Morgan fingerprint density at radius 2 is 2.04 bits per heavy atom. The first-order valence-electron chi connectivity index (χ1n) is 9.45. The molecule has 0 aromatic heterocycles. The van der Waals surface area contributed by atoms with Gasteiger partial charge in [0.05, 0.1) is 11.9 Å². The Kier molecular flexibility index (Phi) is 5.28. The molecule has 143 valence electrons. The van der Waals surface area contributed by atoms with Gasteiger partial charge in [-0.15, -0.1) is 0 Å². The second-order valence-electron chi connectivity index (χ2n) is 9.02. The number of hydrogen-bond acceptors (Lipinski definition) is 3. The zero-order valence-corrected chi connectivity index (χ0v) is 19.0. The van der Waals surface area contributed by atoms with Gasteiger partial charge in [0.1, 0.15) is 0 Å². The number of hydrogen-bond donors (Lipinski definition) is 1. The normalized spacial score (nSPS) is 44.8. The van der Waals surface area contributed by atoms with E-state index in [1.807, 2.05) is 19.1 Å². The van der Waals surface area contributed by atoms with Crippen molar-refractivity contribution in [2.24, 2.45) is 28.1 Å². The number of Topliss-reactive ketones (excluding diaryl/α,β-unsaturated/α-hetero) is 1. The second kappa shape index (κ2) is 6.74. The molecule has 0 aliphatic heterocycles. The number of fused-ring (bicyclic) bond motifs is 5. The van der Waals surface area contributed by atoms with Crippen LogP contribution in [0, 0.1) is 34.5 Å². The summed E-state index contributed by atoms with van der Waals surface area (Å²) in [5.41, 5.74) is 0.213. The summed E-state index contributed by atoms with van der Waals surface area (Å²) in [7, 11) is 0. The van der Waals surface area contributed by atoms with Crippen LogP contribution in [0.1, 0.15) is 40.0 Å². The Morgan fingerprint density at radius 1 is 1.33 bits per heavy atom. The van der Waals surface area contributed by atoms with Gasteiger partial charge in [0.25, 0.3) is 0 Å². The van der Waals surface area contributed by atoms with E-state index in [0.717, 1.165) is 18.4 Å². The van der Waals surface area contributed by atoms with E-state index in [0.29, 0.717) is 12.0 Å². The molecule has 0 unspecified atom stereocenters. The van der Waals surface area contributed by atoms with Crippen molar-refractivity contribution in [3.8, 4) is 0 Å². The van der Waals surface area contributed by atoms with Gasteiger partial charge in [-0.1, -0.05) is 39.3 Å². The molecule has 4 aliphatic carbocycles. The van der Waals surface area contributed by atoms with Crippen molar-refractivity contribution in [2.75, 3.05) is 6.67 Å². The predicted molar refractivity (Wildman–Crippen MR) is 96.8 cm³/mol. The quantitative estimate of drug-likeness (QED) is 0.661. The van der Waals surface area contributed by atoms with E-state index in [1.165, 1.54) is 0 Å². The molecule has 4 aliphatic rings. The third-order valence-electron chi connectivity index (χ3n) is 8.19. The maximum Gasteiger partial charge on any atom is 0.190 e. The molecule has 2 saturated carbocycles. The van der Waals surface area contributed by atoms with E-state index in [-0.39, 0.29) is 50.3 Å². The fourth-order valence-electron chi connectivity index (χ4n) is 6.44. The van der Waals surface area contributed by atoms with Crippen LogP contribution in [0.15, 0.2) is 35.5 Å². The largest absolute Gasteiger partial charge is 0.392 e. The first-order valence-corrected chi connectivity index (χ1v) is 9.45. The summed E-state index contributed by atoms with van der Waals surface area (Å²) in [4.78, 5) is 24.0. The van der Waals surface area contributed by atoms with Crippen molar-refractivity contribution in [1.29, 1.82) is 0 Å². The Hall–Kier alpha value is -0.576. The molecule has 0 heterocycles. The van der Waals surface area contributed by atoms with Gasteiger partial charge in [-0.3, -0.25) is 4.79 Å². The predicted octanol–water partition coefficient (Wildman–Crippen LogP) is 3.54. The molecule has 6 atom stereocenters. The molecule has 2 fully saturated rings. The maximum atomic E-state index is 13.1. The number of rotatable bonds is 2. The maximum absolute atomic E-state index is 13.1. The molecule has 4 rings (SSSR count). The third-order valence-corrected chi connectivity index (χ3v) is 8.19. The smallest absolute Gasteiger partial charge is 0.190 e. The van der Waals surface area contributed by atoms with Gasteiger partial charge < -0.3 is 9.90 Å². The number of ketones is 2. The zero-order valence-electron chi connectivity index (χ0n) is 16.2. The van der Waals surface area contributed by atoms with Gasteiger partial charge in [-0.05, 0) is 36.2 Å². The molecule has 1 radical (unpaired) electrons. The van der Waals surface area contributed by atoms with E-state index in [1.54, 1.807) is 12.2 Å². The fraction of sp³-hybridized carbons (Fsp3) is 0.591. The Labute approximate surface area is 185 Å². The van der Waals surface area contributed by atoms with Crippen molar-refractivity contribution >= 4 is 11.6 Å². The van der Waals surface area contributed by atoms with Gasteiger partial charge in [-0.25, -0.2) is 10.8 Å². The molecule has 0 bridgehead atoms. The number of allylic oxidation sites excluding steroid dienone is 6. The third kappa shape index (κ3) is 2.59. The minimum absolute atomic E-state index is 0.